The van der Waals surface area contributed by atoms with Crippen molar-refractivity contribution in [3.8, 4) is 0 Å². The highest BCUT2D eigenvalue weighted by molar-refractivity contribution is 5.99. The SMILES string of the molecule is CCN1Cc2cc(N3CCCc4cc(C(=O)N5CCC[C@@H](F)C5)cnc43)ccc2C1=O. The molecule has 2 aromatic rings. The van der Waals surface area contributed by atoms with E-state index in [-0.39, 0.29) is 18.4 Å². The van der Waals surface area contributed by atoms with Crippen LogP contribution in [0.15, 0.2) is 30.5 Å². The lowest BCUT2D eigenvalue weighted by atomic mass is 10.0. The Hall–Kier alpha value is -2.96. The zero-order valence-electron chi connectivity index (χ0n) is 17.8. The number of aryl methyl sites for hydroxylation is 1. The van der Waals surface area contributed by atoms with Crippen molar-refractivity contribution in [2.45, 2.75) is 45.3 Å². The Morgan fingerprint density at radius 3 is 2.87 bits per heavy atom. The largest absolute Gasteiger partial charge is 0.336 e. The van der Waals surface area contributed by atoms with Crippen molar-refractivity contribution < 1.29 is 14.0 Å². The van der Waals surface area contributed by atoms with Crippen LogP contribution in [0.1, 0.15) is 58.0 Å². The Morgan fingerprint density at radius 2 is 2.06 bits per heavy atom. The number of amides is 2. The number of aromatic nitrogens is 1. The molecule has 1 fully saturated rings. The summed E-state index contributed by atoms with van der Waals surface area (Å²) in [6.07, 6.45) is 3.74. The molecule has 3 aliphatic rings. The molecule has 4 heterocycles. The van der Waals surface area contributed by atoms with E-state index in [0.717, 1.165) is 47.6 Å². The molecule has 1 saturated heterocycles. The van der Waals surface area contributed by atoms with E-state index in [4.69, 9.17) is 0 Å². The average molecular weight is 423 g/mol. The van der Waals surface area contributed by atoms with Gasteiger partial charge in [0.25, 0.3) is 11.8 Å². The number of carbonyl (C=O) groups excluding carboxylic acids is 2. The molecular formula is C24H27FN4O2. The molecule has 1 atom stereocenters. The second-order valence-electron chi connectivity index (χ2n) is 8.61. The summed E-state index contributed by atoms with van der Waals surface area (Å²) in [6.45, 7) is 4.95. The minimum atomic E-state index is -0.936. The van der Waals surface area contributed by atoms with Gasteiger partial charge in [0.05, 0.1) is 12.1 Å². The first-order valence-electron chi connectivity index (χ1n) is 11.2. The zero-order valence-corrected chi connectivity index (χ0v) is 17.8. The Labute approximate surface area is 181 Å². The van der Waals surface area contributed by atoms with E-state index in [1.807, 2.05) is 30.0 Å². The molecule has 5 rings (SSSR count). The van der Waals surface area contributed by atoms with Crippen LogP contribution in [0.25, 0.3) is 0 Å². The van der Waals surface area contributed by atoms with E-state index in [1.165, 1.54) is 0 Å². The molecule has 0 N–H and O–H groups in total. The van der Waals surface area contributed by atoms with Gasteiger partial charge >= 0.3 is 0 Å². The summed E-state index contributed by atoms with van der Waals surface area (Å²) >= 11 is 0. The number of benzene rings is 1. The van der Waals surface area contributed by atoms with E-state index in [2.05, 4.69) is 16.0 Å². The maximum atomic E-state index is 13.7. The first kappa shape index (κ1) is 20.0. The van der Waals surface area contributed by atoms with Crippen LogP contribution in [0.4, 0.5) is 15.9 Å². The fourth-order valence-electron chi connectivity index (χ4n) is 4.92. The molecular weight excluding hydrogens is 395 g/mol. The third-order valence-electron chi connectivity index (χ3n) is 6.59. The minimum Gasteiger partial charge on any atom is -0.336 e. The number of anilines is 2. The van der Waals surface area contributed by atoms with E-state index < -0.39 is 6.17 Å². The van der Waals surface area contributed by atoms with Gasteiger partial charge in [0.15, 0.2) is 0 Å². The maximum Gasteiger partial charge on any atom is 0.255 e. The summed E-state index contributed by atoms with van der Waals surface area (Å²) in [5.74, 6) is 0.824. The predicted octanol–water partition coefficient (Wildman–Crippen LogP) is 3.72. The topological polar surface area (TPSA) is 56.8 Å². The molecule has 2 amide bonds. The van der Waals surface area contributed by atoms with Gasteiger partial charge in [0.2, 0.25) is 0 Å². The fourth-order valence-corrected chi connectivity index (χ4v) is 4.92. The lowest BCUT2D eigenvalue weighted by Crippen LogP contribution is -2.40. The summed E-state index contributed by atoms with van der Waals surface area (Å²) < 4.78 is 13.7. The van der Waals surface area contributed by atoms with Crippen LogP contribution < -0.4 is 4.90 Å². The minimum absolute atomic E-state index is 0.0950. The number of rotatable bonds is 3. The van der Waals surface area contributed by atoms with Crippen LogP contribution >= 0.6 is 0 Å². The van der Waals surface area contributed by atoms with Gasteiger partial charge in [-0.3, -0.25) is 9.59 Å². The Bertz CT molecular complexity index is 1040. The smallest absolute Gasteiger partial charge is 0.255 e. The van der Waals surface area contributed by atoms with Crippen molar-refractivity contribution in [3.63, 3.8) is 0 Å². The number of carbonyl (C=O) groups is 2. The second kappa shape index (κ2) is 7.94. The normalized spacial score (nSPS) is 20.6. The van der Waals surface area contributed by atoms with E-state index in [1.54, 1.807) is 11.1 Å². The summed E-state index contributed by atoms with van der Waals surface area (Å²) in [7, 11) is 0. The Kier molecular flexibility index (Phi) is 5.12. The van der Waals surface area contributed by atoms with Gasteiger partial charge in [-0.15, -0.1) is 0 Å². The van der Waals surface area contributed by atoms with Gasteiger partial charge in [-0.1, -0.05) is 0 Å². The maximum absolute atomic E-state index is 13.7. The Balaban J connectivity index is 1.41. The van der Waals surface area contributed by atoms with Crippen molar-refractivity contribution in [2.24, 2.45) is 0 Å². The van der Waals surface area contributed by atoms with Crippen LogP contribution in [-0.4, -0.2) is 58.9 Å². The molecule has 1 aromatic carbocycles. The lowest BCUT2D eigenvalue weighted by molar-refractivity contribution is 0.0635. The molecule has 0 radical (unpaired) electrons. The molecule has 7 heteroatoms. The average Bonchev–Trinajstić information content (AvgIpc) is 3.12. The van der Waals surface area contributed by atoms with Crippen molar-refractivity contribution in [1.82, 2.24) is 14.8 Å². The number of likely N-dealkylation sites (tertiary alicyclic amines) is 1. The van der Waals surface area contributed by atoms with Crippen LogP contribution in [0.2, 0.25) is 0 Å². The van der Waals surface area contributed by atoms with Gasteiger partial charge in [0, 0.05) is 43.6 Å². The quantitative estimate of drug-likeness (QED) is 0.757. The van der Waals surface area contributed by atoms with Crippen LogP contribution in [0.3, 0.4) is 0 Å². The standard InChI is InChI=1S/C24H27FN4O2/c1-2-27-14-18-12-20(7-8-21(18)24(27)31)29-10-3-5-16-11-17(13-26-22(16)29)23(30)28-9-4-6-19(25)15-28/h7-8,11-13,19H,2-6,9-10,14-15H2,1H3/t19-/m1/s1. The molecule has 0 bridgehead atoms. The third-order valence-corrected chi connectivity index (χ3v) is 6.59. The summed E-state index contributed by atoms with van der Waals surface area (Å²) in [4.78, 5) is 35.6. The van der Waals surface area contributed by atoms with Crippen LogP contribution in [0.5, 0.6) is 0 Å². The van der Waals surface area contributed by atoms with E-state index >= 15 is 0 Å². The van der Waals surface area contributed by atoms with Crippen molar-refractivity contribution in [2.75, 3.05) is 31.1 Å². The van der Waals surface area contributed by atoms with Crippen molar-refractivity contribution in [1.29, 1.82) is 0 Å². The highest BCUT2D eigenvalue weighted by Gasteiger charge is 2.29. The number of pyridine rings is 1. The van der Waals surface area contributed by atoms with Gasteiger partial charge in [-0.05, 0) is 68.0 Å². The highest BCUT2D eigenvalue weighted by Crippen LogP contribution is 2.35. The van der Waals surface area contributed by atoms with Crippen LogP contribution in [0, 0.1) is 0 Å². The second-order valence-corrected chi connectivity index (χ2v) is 8.61. The van der Waals surface area contributed by atoms with E-state index in [9.17, 15) is 14.0 Å². The van der Waals surface area contributed by atoms with Crippen molar-refractivity contribution >= 4 is 23.3 Å². The number of nitrogens with zero attached hydrogens (tertiary/aromatic N) is 4. The molecule has 0 saturated carbocycles. The number of hydrogen-bond acceptors (Lipinski definition) is 4. The summed E-state index contributed by atoms with van der Waals surface area (Å²) in [5.41, 5.74) is 4.43. The molecule has 6 nitrogen and oxygen atoms in total. The third kappa shape index (κ3) is 3.56. The number of hydrogen-bond donors (Lipinski definition) is 0. The van der Waals surface area contributed by atoms with Crippen LogP contribution in [-0.2, 0) is 13.0 Å². The molecule has 1 aromatic heterocycles. The molecule has 3 aliphatic heterocycles. The first-order chi connectivity index (χ1) is 15.0. The van der Waals surface area contributed by atoms with Gasteiger partial charge in [-0.25, -0.2) is 9.37 Å². The molecule has 0 unspecified atom stereocenters. The Morgan fingerprint density at radius 1 is 1.19 bits per heavy atom. The molecule has 0 aliphatic carbocycles. The van der Waals surface area contributed by atoms with Gasteiger partial charge in [0.1, 0.15) is 12.0 Å². The fraction of sp³-hybridized carbons (Fsp3) is 0.458. The zero-order chi connectivity index (χ0) is 21.5. The first-order valence-corrected chi connectivity index (χ1v) is 11.2. The van der Waals surface area contributed by atoms with Gasteiger partial charge < -0.3 is 14.7 Å². The lowest BCUT2D eigenvalue weighted by Gasteiger charge is -2.32. The summed E-state index contributed by atoms with van der Waals surface area (Å²) in [5, 5.41) is 0. The number of halogens is 1. The predicted molar refractivity (Wildman–Crippen MR) is 116 cm³/mol. The summed E-state index contributed by atoms with van der Waals surface area (Å²) in [6, 6.07) is 7.92. The molecule has 162 valence electrons. The van der Waals surface area contributed by atoms with E-state index in [0.29, 0.717) is 38.0 Å². The highest BCUT2D eigenvalue weighted by atomic mass is 19.1. The number of piperidine rings is 1. The monoisotopic (exact) mass is 422 g/mol. The molecule has 0 spiro atoms. The number of alkyl halides is 1. The van der Waals surface area contributed by atoms with Gasteiger partial charge in [-0.2, -0.15) is 0 Å². The molecule has 31 heavy (non-hydrogen) atoms. The van der Waals surface area contributed by atoms with Crippen molar-refractivity contribution in [3.05, 3.63) is 52.7 Å². The number of fused-ring (bicyclic) bond motifs is 2.